The monoisotopic (exact) mass is 326 g/mol. The first-order valence-corrected chi connectivity index (χ1v) is 7.98. The molecular formula is C17H18N4O3. The zero-order valence-corrected chi connectivity index (χ0v) is 13.2. The van der Waals surface area contributed by atoms with Crippen LogP contribution in [0, 0.1) is 0 Å². The zero-order chi connectivity index (χ0) is 16.4. The van der Waals surface area contributed by atoms with Gasteiger partial charge < -0.3 is 14.5 Å². The molecule has 0 radical (unpaired) electrons. The molecule has 2 aliphatic heterocycles. The van der Waals surface area contributed by atoms with Gasteiger partial charge in [-0.25, -0.2) is 4.98 Å². The van der Waals surface area contributed by atoms with E-state index in [0.717, 1.165) is 29.1 Å². The van der Waals surface area contributed by atoms with Crippen LogP contribution in [0.1, 0.15) is 11.3 Å². The number of hydrogen-bond acceptors (Lipinski definition) is 6. The van der Waals surface area contributed by atoms with Crippen LogP contribution >= 0.6 is 0 Å². The molecule has 2 aliphatic rings. The van der Waals surface area contributed by atoms with E-state index >= 15 is 0 Å². The van der Waals surface area contributed by atoms with Gasteiger partial charge in [0.05, 0.1) is 12.2 Å². The molecule has 7 heteroatoms. The van der Waals surface area contributed by atoms with Gasteiger partial charge in [-0.3, -0.25) is 14.7 Å². The fourth-order valence-electron chi connectivity index (χ4n) is 2.98. The summed E-state index contributed by atoms with van der Waals surface area (Å²) in [5.41, 5.74) is 2.34. The Balaban J connectivity index is 1.59. The molecule has 0 fully saturated rings. The maximum absolute atomic E-state index is 12.4. The van der Waals surface area contributed by atoms with E-state index in [9.17, 15) is 4.79 Å². The van der Waals surface area contributed by atoms with Crippen molar-refractivity contribution in [2.75, 3.05) is 26.3 Å². The maximum atomic E-state index is 12.4. The van der Waals surface area contributed by atoms with Crippen molar-refractivity contribution in [3.63, 3.8) is 0 Å². The third-order valence-corrected chi connectivity index (χ3v) is 4.17. The summed E-state index contributed by atoms with van der Waals surface area (Å²) in [4.78, 5) is 26.2. The minimum absolute atomic E-state index is 0.0602. The lowest BCUT2D eigenvalue weighted by molar-refractivity contribution is 0.0673. The summed E-state index contributed by atoms with van der Waals surface area (Å²) in [6, 6.07) is 3.71. The highest BCUT2D eigenvalue weighted by Crippen LogP contribution is 2.19. The second kappa shape index (κ2) is 6.45. The number of fused-ring (bicyclic) bond motifs is 1. The summed E-state index contributed by atoms with van der Waals surface area (Å²) in [5, 5.41) is 0. The van der Waals surface area contributed by atoms with Crippen LogP contribution < -0.4 is 5.56 Å². The first kappa shape index (κ1) is 14.9. The quantitative estimate of drug-likeness (QED) is 0.909. The Hall–Kier alpha value is -2.67. The van der Waals surface area contributed by atoms with Crippen molar-refractivity contribution in [3.8, 4) is 11.4 Å². The summed E-state index contributed by atoms with van der Waals surface area (Å²) in [5.74, 6) is 1.38. The van der Waals surface area contributed by atoms with Crippen molar-refractivity contribution in [2.24, 2.45) is 0 Å². The molecule has 2 aromatic rings. The molecule has 1 N–H and O–H groups in total. The van der Waals surface area contributed by atoms with Crippen LogP contribution in [0.15, 0.2) is 41.3 Å². The van der Waals surface area contributed by atoms with Gasteiger partial charge in [0.25, 0.3) is 5.56 Å². The van der Waals surface area contributed by atoms with E-state index in [1.165, 1.54) is 0 Å². The van der Waals surface area contributed by atoms with Crippen LogP contribution in [0.5, 0.6) is 0 Å². The van der Waals surface area contributed by atoms with E-state index < -0.39 is 0 Å². The molecule has 0 unspecified atom stereocenters. The fraction of sp³-hybridized carbons (Fsp3) is 0.353. The second-order valence-electron chi connectivity index (χ2n) is 5.85. The standard InChI is InChI=1S/C17H18N4O3/c22-17-14-3-5-21(9-13-11-23-6-7-24-13)10-15(14)19-16(20-17)12-2-1-4-18-8-12/h1-2,4,8,11H,3,5-7,9-10H2,(H,19,20,22). The van der Waals surface area contributed by atoms with Crippen molar-refractivity contribution >= 4 is 0 Å². The zero-order valence-electron chi connectivity index (χ0n) is 13.2. The molecule has 2 aromatic heterocycles. The van der Waals surface area contributed by atoms with Crippen LogP contribution in [-0.4, -0.2) is 46.2 Å². The maximum Gasteiger partial charge on any atom is 0.254 e. The van der Waals surface area contributed by atoms with Gasteiger partial charge in [-0.2, -0.15) is 0 Å². The molecule has 0 saturated heterocycles. The number of aromatic amines is 1. The minimum atomic E-state index is -0.0602. The number of hydrogen-bond donors (Lipinski definition) is 1. The average Bonchev–Trinajstić information content (AvgIpc) is 2.63. The highest BCUT2D eigenvalue weighted by atomic mass is 16.6. The lowest BCUT2D eigenvalue weighted by atomic mass is 10.1. The summed E-state index contributed by atoms with van der Waals surface area (Å²) in [6.45, 7) is 3.26. The van der Waals surface area contributed by atoms with Gasteiger partial charge in [-0.1, -0.05) is 0 Å². The molecule has 0 saturated carbocycles. The minimum Gasteiger partial charge on any atom is -0.494 e. The number of ether oxygens (including phenoxy) is 2. The van der Waals surface area contributed by atoms with Crippen molar-refractivity contribution in [1.29, 1.82) is 0 Å². The smallest absolute Gasteiger partial charge is 0.254 e. The Morgan fingerprint density at radius 2 is 2.29 bits per heavy atom. The number of rotatable bonds is 3. The predicted octanol–water partition coefficient (Wildman–Crippen LogP) is 1.08. The van der Waals surface area contributed by atoms with E-state index in [-0.39, 0.29) is 5.56 Å². The number of nitrogens with one attached hydrogen (secondary N) is 1. The average molecular weight is 326 g/mol. The molecule has 24 heavy (non-hydrogen) atoms. The normalized spacial score (nSPS) is 17.4. The summed E-state index contributed by atoms with van der Waals surface area (Å²) < 4.78 is 10.9. The molecule has 124 valence electrons. The molecule has 0 aromatic carbocycles. The van der Waals surface area contributed by atoms with Gasteiger partial charge in [-0.15, -0.1) is 0 Å². The molecular weight excluding hydrogens is 308 g/mol. The highest BCUT2D eigenvalue weighted by Gasteiger charge is 2.23. The molecule has 0 amide bonds. The topological polar surface area (TPSA) is 80.3 Å². The fourth-order valence-corrected chi connectivity index (χ4v) is 2.98. The van der Waals surface area contributed by atoms with Gasteiger partial charge in [0.15, 0.2) is 0 Å². The number of H-pyrrole nitrogens is 1. The summed E-state index contributed by atoms with van der Waals surface area (Å²) in [7, 11) is 0. The Morgan fingerprint density at radius 1 is 1.33 bits per heavy atom. The van der Waals surface area contributed by atoms with Crippen molar-refractivity contribution < 1.29 is 9.47 Å². The first-order valence-electron chi connectivity index (χ1n) is 7.98. The van der Waals surface area contributed by atoms with E-state index in [1.54, 1.807) is 18.7 Å². The number of aromatic nitrogens is 3. The van der Waals surface area contributed by atoms with Crippen LogP contribution in [0.4, 0.5) is 0 Å². The van der Waals surface area contributed by atoms with Crippen LogP contribution in [0.3, 0.4) is 0 Å². The molecule has 0 spiro atoms. The van der Waals surface area contributed by atoms with Crippen molar-refractivity contribution in [3.05, 3.63) is 58.2 Å². The molecule has 0 bridgehead atoms. The molecule has 4 heterocycles. The van der Waals surface area contributed by atoms with E-state index in [0.29, 0.717) is 38.5 Å². The van der Waals surface area contributed by atoms with Crippen LogP contribution in [-0.2, 0) is 22.4 Å². The summed E-state index contributed by atoms with van der Waals surface area (Å²) in [6.07, 6.45) is 5.75. The number of pyridine rings is 1. The van der Waals surface area contributed by atoms with Gasteiger partial charge in [0.1, 0.15) is 31.1 Å². The summed E-state index contributed by atoms with van der Waals surface area (Å²) >= 11 is 0. The van der Waals surface area contributed by atoms with E-state index in [1.807, 2.05) is 12.1 Å². The van der Waals surface area contributed by atoms with Crippen molar-refractivity contribution in [1.82, 2.24) is 19.9 Å². The lowest BCUT2D eigenvalue weighted by Gasteiger charge is -2.29. The molecule has 7 nitrogen and oxygen atoms in total. The lowest BCUT2D eigenvalue weighted by Crippen LogP contribution is -2.37. The van der Waals surface area contributed by atoms with Gasteiger partial charge >= 0.3 is 0 Å². The van der Waals surface area contributed by atoms with Crippen molar-refractivity contribution in [2.45, 2.75) is 13.0 Å². The van der Waals surface area contributed by atoms with Gasteiger partial charge in [-0.05, 0) is 18.6 Å². The third-order valence-electron chi connectivity index (χ3n) is 4.17. The molecule has 4 rings (SSSR count). The second-order valence-corrected chi connectivity index (χ2v) is 5.85. The SMILES string of the molecule is O=c1[nH]c(-c2cccnc2)nc2c1CCN(CC1=COCCO1)C2. The third kappa shape index (κ3) is 3.03. The van der Waals surface area contributed by atoms with Gasteiger partial charge in [0, 0.05) is 36.6 Å². The molecule has 0 atom stereocenters. The van der Waals surface area contributed by atoms with E-state index in [4.69, 9.17) is 9.47 Å². The Kier molecular flexibility index (Phi) is 4.00. The Morgan fingerprint density at radius 3 is 3.08 bits per heavy atom. The first-order chi connectivity index (χ1) is 11.8. The van der Waals surface area contributed by atoms with Crippen LogP contribution in [0.25, 0.3) is 11.4 Å². The highest BCUT2D eigenvalue weighted by molar-refractivity contribution is 5.53. The Bertz CT molecular complexity index is 816. The Labute approximate surface area is 139 Å². The largest absolute Gasteiger partial charge is 0.494 e. The van der Waals surface area contributed by atoms with E-state index in [2.05, 4.69) is 19.9 Å². The predicted molar refractivity (Wildman–Crippen MR) is 87.1 cm³/mol. The van der Waals surface area contributed by atoms with Crippen LogP contribution in [0.2, 0.25) is 0 Å². The molecule has 0 aliphatic carbocycles. The van der Waals surface area contributed by atoms with Gasteiger partial charge in [0.2, 0.25) is 0 Å². The number of nitrogens with zero attached hydrogens (tertiary/aromatic N) is 3.